The highest BCUT2D eigenvalue weighted by Gasteiger charge is 2.29. The molecule has 1 aliphatic rings. The van der Waals surface area contributed by atoms with E-state index in [-0.39, 0.29) is 6.61 Å². The Labute approximate surface area is 110 Å². The van der Waals surface area contributed by atoms with Crippen molar-refractivity contribution >= 4 is 17.2 Å². The molecule has 0 spiro atoms. The summed E-state index contributed by atoms with van der Waals surface area (Å²) < 4.78 is 40.0. The highest BCUT2D eigenvalue weighted by atomic mass is 32.1. The Hall–Kier alpha value is -0.400. The molecule has 0 aliphatic heterocycles. The number of rotatable bonds is 9. The molecule has 0 atom stereocenters. The van der Waals surface area contributed by atoms with E-state index < -0.39 is 12.8 Å². The molecule has 0 bridgehead atoms. The Bertz CT molecular complexity index is 270. The Morgan fingerprint density at radius 2 is 2.00 bits per heavy atom. The van der Waals surface area contributed by atoms with Crippen molar-refractivity contribution in [1.29, 1.82) is 0 Å². The molecule has 0 amide bonds. The molecule has 1 saturated carbocycles. The molecule has 0 unspecified atom stereocenters. The van der Waals surface area contributed by atoms with Crippen LogP contribution in [0.15, 0.2) is 0 Å². The van der Waals surface area contributed by atoms with Crippen LogP contribution in [0.2, 0.25) is 0 Å². The van der Waals surface area contributed by atoms with Gasteiger partial charge in [0.1, 0.15) is 6.61 Å². The highest BCUT2D eigenvalue weighted by Crippen LogP contribution is 2.27. The van der Waals surface area contributed by atoms with Crippen LogP contribution in [0, 0.1) is 0 Å². The van der Waals surface area contributed by atoms with E-state index in [4.69, 9.17) is 18.0 Å². The van der Waals surface area contributed by atoms with Gasteiger partial charge in [-0.1, -0.05) is 12.2 Å². The van der Waals surface area contributed by atoms with Gasteiger partial charge in [-0.15, -0.1) is 0 Å². The SMILES string of the molecule is NC(=S)CCN(CCCOCC(F)(F)F)C1CC1. The van der Waals surface area contributed by atoms with Crippen molar-refractivity contribution in [2.24, 2.45) is 5.73 Å². The third-order valence-corrected chi connectivity index (χ3v) is 2.91. The molecular formula is C11H19F3N2OS. The lowest BCUT2D eigenvalue weighted by Crippen LogP contribution is -2.31. The average Bonchev–Trinajstić information content (AvgIpc) is 3.03. The topological polar surface area (TPSA) is 38.5 Å². The maximum atomic E-state index is 11.8. The molecule has 18 heavy (non-hydrogen) atoms. The Kier molecular flexibility index (Phi) is 6.31. The van der Waals surface area contributed by atoms with E-state index in [0.29, 0.717) is 23.9 Å². The minimum Gasteiger partial charge on any atom is -0.393 e. The van der Waals surface area contributed by atoms with Gasteiger partial charge >= 0.3 is 6.18 Å². The first-order chi connectivity index (χ1) is 8.38. The van der Waals surface area contributed by atoms with Crippen LogP contribution in [0.25, 0.3) is 0 Å². The van der Waals surface area contributed by atoms with E-state index >= 15 is 0 Å². The minimum absolute atomic E-state index is 0.135. The molecule has 1 aliphatic carbocycles. The standard InChI is InChI=1S/C11H19F3N2OS/c12-11(13,14)8-17-7-1-5-16(9-2-3-9)6-4-10(15)18/h9H,1-8H2,(H2,15,18). The summed E-state index contributed by atoms with van der Waals surface area (Å²) in [5.41, 5.74) is 5.44. The van der Waals surface area contributed by atoms with Crippen LogP contribution in [0.5, 0.6) is 0 Å². The summed E-state index contributed by atoms with van der Waals surface area (Å²) in [5, 5.41) is 0. The molecular weight excluding hydrogens is 265 g/mol. The second-order valence-electron chi connectivity index (χ2n) is 4.50. The normalized spacial score (nSPS) is 16.2. The van der Waals surface area contributed by atoms with Crippen LogP contribution in [-0.2, 0) is 4.74 Å². The molecule has 0 aromatic carbocycles. The van der Waals surface area contributed by atoms with Gasteiger partial charge in [-0.2, -0.15) is 13.2 Å². The lowest BCUT2D eigenvalue weighted by molar-refractivity contribution is -0.174. The van der Waals surface area contributed by atoms with Crippen LogP contribution in [0.4, 0.5) is 13.2 Å². The number of nitrogens with two attached hydrogens (primary N) is 1. The molecule has 2 N–H and O–H groups in total. The largest absolute Gasteiger partial charge is 0.411 e. The Morgan fingerprint density at radius 3 is 2.50 bits per heavy atom. The van der Waals surface area contributed by atoms with Gasteiger partial charge in [-0.25, -0.2) is 0 Å². The summed E-state index contributed by atoms with van der Waals surface area (Å²) >= 11 is 4.82. The third kappa shape index (κ3) is 7.84. The zero-order chi connectivity index (χ0) is 13.6. The van der Waals surface area contributed by atoms with Gasteiger partial charge in [0.15, 0.2) is 0 Å². The number of thiocarbonyl (C=S) groups is 1. The predicted octanol–water partition coefficient (Wildman–Crippen LogP) is 2.10. The first-order valence-electron chi connectivity index (χ1n) is 6.05. The Balaban J connectivity index is 2.08. The van der Waals surface area contributed by atoms with Gasteiger partial charge < -0.3 is 10.5 Å². The number of hydrogen-bond acceptors (Lipinski definition) is 3. The highest BCUT2D eigenvalue weighted by molar-refractivity contribution is 7.80. The molecule has 3 nitrogen and oxygen atoms in total. The van der Waals surface area contributed by atoms with Gasteiger partial charge in [0.25, 0.3) is 0 Å². The molecule has 0 radical (unpaired) electrons. The van der Waals surface area contributed by atoms with Crippen molar-refractivity contribution in [2.75, 3.05) is 26.3 Å². The smallest absolute Gasteiger partial charge is 0.393 e. The summed E-state index contributed by atoms with van der Waals surface area (Å²) in [6.07, 6.45) is -0.664. The summed E-state index contributed by atoms with van der Waals surface area (Å²) in [6.45, 7) is 0.503. The van der Waals surface area contributed by atoms with Crippen molar-refractivity contribution < 1.29 is 17.9 Å². The van der Waals surface area contributed by atoms with E-state index in [9.17, 15) is 13.2 Å². The third-order valence-electron chi connectivity index (χ3n) is 2.71. The van der Waals surface area contributed by atoms with E-state index in [1.165, 1.54) is 0 Å². The number of ether oxygens (including phenoxy) is 1. The zero-order valence-corrected chi connectivity index (χ0v) is 11.0. The van der Waals surface area contributed by atoms with Crippen molar-refractivity contribution in [3.63, 3.8) is 0 Å². The number of nitrogens with zero attached hydrogens (tertiary/aromatic N) is 1. The van der Waals surface area contributed by atoms with Crippen LogP contribution in [-0.4, -0.2) is 48.4 Å². The quantitative estimate of drug-likeness (QED) is 0.520. The summed E-state index contributed by atoms with van der Waals surface area (Å²) in [6, 6.07) is 0.557. The van der Waals surface area contributed by atoms with Gasteiger partial charge in [0.05, 0.1) is 4.99 Å². The van der Waals surface area contributed by atoms with Gasteiger partial charge in [-0.05, 0) is 19.3 Å². The summed E-state index contributed by atoms with van der Waals surface area (Å²) in [4.78, 5) is 2.71. The van der Waals surface area contributed by atoms with Crippen molar-refractivity contribution in [3.8, 4) is 0 Å². The number of hydrogen-bond donors (Lipinski definition) is 1. The molecule has 7 heteroatoms. The van der Waals surface area contributed by atoms with Crippen molar-refractivity contribution in [3.05, 3.63) is 0 Å². The van der Waals surface area contributed by atoms with Gasteiger partial charge in [0.2, 0.25) is 0 Å². The molecule has 0 aromatic heterocycles. The van der Waals surface area contributed by atoms with E-state index in [1.807, 2.05) is 0 Å². The maximum absolute atomic E-state index is 11.8. The number of halogens is 3. The monoisotopic (exact) mass is 284 g/mol. The van der Waals surface area contributed by atoms with Crippen LogP contribution < -0.4 is 5.73 Å². The zero-order valence-electron chi connectivity index (χ0n) is 10.2. The van der Waals surface area contributed by atoms with Gasteiger partial charge in [0, 0.05) is 32.2 Å². The lowest BCUT2D eigenvalue weighted by Gasteiger charge is -2.21. The van der Waals surface area contributed by atoms with Crippen LogP contribution >= 0.6 is 12.2 Å². The maximum Gasteiger partial charge on any atom is 0.411 e. The first-order valence-corrected chi connectivity index (χ1v) is 6.46. The average molecular weight is 284 g/mol. The molecule has 0 aromatic rings. The minimum atomic E-state index is -4.23. The van der Waals surface area contributed by atoms with Crippen LogP contribution in [0.1, 0.15) is 25.7 Å². The van der Waals surface area contributed by atoms with Crippen molar-refractivity contribution in [2.45, 2.75) is 37.9 Å². The lowest BCUT2D eigenvalue weighted by atomic mass is 10.3. The van der Waals surface area contributed by atoms with E-state index in [1.54, 1.807) is 0 Å². The predicted molar refractivity (Wildman–Crippen MR) is 67.5 cm³/mol. The van der Waals surface area contributed by atoms with Gasteiger partial charge in [-0.3, -0.25) is 4.90 Å². The molecule has 0 heterocycles. The summed E-state index contributed by atoms with van der Waals surface area (Å²) in [5.74, 6) is 0. The first kappa shape index (κ1) is 15.7. The summed E-state index contributed by atoms with van der Waals surface area (Å²) in [7, 11) is 0. The van der Waals surface area contributed by atoms with Crippen molar-refractivity contribution in [1.82, 2.24) is 4.90 Å². The molecule has 0 saturated heterocycles. The fourth-order valence-electron chi connectivity index (χ4n) is 1.73. The Morgan fingerprint density at radius 1 is 1.33 bits per heavy atom. The molecule has 1 rings (SSSR count). The second-order valence-corrected chi connectivity index (χ2v) is 5.03. The van der Waals surface area contributed by atoms with E-state index in [2.05, 4.69) is 9.64 Å². The molecule has 1 fully saturated rings. The fraction of sp³-hybridized carbons (Fsp3) is 0.909. The van der Waals surface area contributed by atoms with Crippen LogP contribution in [0.3, 0.4) is 0 Å². The fourth-order valence-corrected chi connectivity index (χ4v) is 1.82. The second kappa shape index (κ2) is 7.25. The van der Waals surface area contributed by atoms with E-state index in [0.717, 1.165) is 25.9 Å². The number of alkyl halides is 3. The molecule has 106 valence electrons.